The van der Waals surface area contributed by atoms with Crippen molar-refractivity contribution in [1.29, 1.82) is 0 Å². The fraction of sp³-hybridized carbons (Fsp3) is 0.280. The second-order valence-corrected chi connectivity index (χ2v) is 14.1. The Bertz CT molecular complexity index is 2200. The molecule has 0 N–H and O–H groups in total. The Morgan fingerprint density at radius 1 is 0.267 bits per heavy atom. The largest absolute Gasteiger partial charge is 0.497 e. The highest BCUT2D eigenvalue weighted by molar-refractivity contribution is 5.58. The van der Waals surface area contributed by atoms with Crippen LogP contribution in [0.4, 0.5) is 0 Å². The molecule has 6 rings (SSSR count). The van der Waals surface area contributed by atoms with E-state index in [0.29, 0.717) is 70.3 Å². The molecule has 0 amide bonds. The summed E-state index contributed by atoms with van der Waals surface area (Å²) in [5.74, 6) is 7.36. The van der Waals surface area contributed by atoms with Crippen LogP contribution in [0.5, 0.6) is 69.0 Å². The normalized spacial score (nSPS) is 10.7. The summed E-state index contributed by atoms with van der Waals surface area (Å²) in [6, 6.07) is 36.0. The molecule has 10 nitrogen and oxygen atoms in total. The van der Waals surface area contributed by atoms with E-state index in [9.17, 15) is 0 Å². The molecule has 0 radical (unpaired) electrons. The van der Waals surface area contributed by atoms with Crippen LogP contribution < -0.4 is 47.4 Å². The van der Waals surface area contributed by atoms with Gasteiger partial charge < -0.3 is 47.4 Å². The monoisotopic (exact) mass is 814 g/mol. The second-order valence-electron chi connectivity index (χ2n) is 14.1. The van der Waals surface area contributed by atoms with Crippen molar-refractivity contribution in [1.82, 2.24) is 0 Å². The molecule has 0 aliphatic carbocycles. The van der Waals surface area contributed by atoms with Crippen LogP contribution in [0.3, 0.4) is 0 Å². The fourth-order valence-corrected chi connectivity index (χ4v) is 7.09. The van der Waals surface area contributed by atoms with E-state index < -0.39 is 0 Å². The number of aryl methyl sites for hydroxylation is 6. The lowest BCUT2D eigenvalue weighted by atomic mass is 10.0. The van der Waals surface area contributed by atoms with E-state index in [0.717, 1.165) is 59.4 Å². The van der Waals surface area contributed by atoms with Crippen LogP contribution in [-0.4, -0.2) is 56.9 Å². The molecule has 6 aromatic carbocycles. The molecular formula is C50H54O10. The van der Waals surface area contributed by atoms with E-state index in [1.165, 1.54) is 11.1 Å². The third-order valence-electron chi connectivity index (χ3n) is 10.2. The lowest BCUT2D eigenvalue weighted by Gasteiger charge is -2.19. The minimum atomic E-state index is 0.438. The zero-order valence-electron chi connectivity index (χ0n) is 35.7. The highest BCUT2D eigenvalue weighted by Gasteiger charge is 2.20. The lowest BCUT2D eigenvalue weighted by molar-refractivity contribution is 0.324. The zero-order valence-corrected chi connectivity index (χ0v) is 35.7. The van der Waals surface area contributed by atoms with Crippen molar-refractivity contribution in [2.45, 2.75) is 38.5 Å². The predicted molar refractivity (Wildman–Crippen MR) is 233 cm³/mol. The molecule has 0 saturated heterocycles. The van der Waals surface area contributed by atoms with Crippen LogP contribution in [0, 0.1) is 0 Å². The van der Waals surface area contributed by atoms with Gasteiger partial charge in [0.15, 0.2) is 23.0 Å². The maximum atomic E-state index is 6.73. The number of hydrogen-bond donors (Lipinski definition) is 0. The summed E-state index contributed by atoms with van der Waals surface area (Å²) in [6.07, 6.45) is 4.42. The Morgan fingerprint density at radius 3 is 0.950 bits per heavy atom. The van der Waals surface area contributed by atoms with Crippen molar-refractivity contribution in [2.24, 2.45) is 0 Å². The van der Waals surface area contributed by atoms with Crippen molar-refractivity contribution in [2.75, 3.05) is 56.9 Å². The molecule has 6 aromatic rings. The summed E-state index contributed by atoms with van der Waals surface area (Å²) in [6.45, 7) is 0. The molecule has 0 atom stereocenters. The second kappa shape index (κ2) is 20.8. The summed E-state index contributed by atoms with van der Waals surface area (Å²) >= 11 is 0. The molecule has 0 unspecified atom stereocenters. The summed E-state index contributed by atoms with van der Waals surface area (Å²) in [7, 11) is 13.1. The third-order valence-corrected chi connectivity index (χ3v) is 10.2. The van der Waals surface area contributed by atoms with Crippen molar-refractivity contribution in [3.8, 4) is 69.0 Å². The Morgan fingerprint density at radius 2 is 0.583 bits per heavy atom. The van der Waals surface area contributed by atoms with Gasteiger partial charge in [-0.1, -0.05) is 24.3 Å². The first-order chi connectivity index (χ1) is 29.3. The molecule has 0 fully saturated rings. The van der Waals surface area contributed by atoms with Gasteiger partial charge in [0.2, 0.25) is 11.5 Å². The van der Waals surface area contributed by atoms with Crippen molar-refractivity contribution >= 4 is 0 Å². The Labute approximate surface area is 353 Å². The molecule has 0 saturated carbocycles. The first-order valence-electron chi connectivity index (χ1n) is 19.8. The van der Waals surface area contributed by atoms with Crippen LogP contribution in [-0.2, 0) is 38.5 Å². The summed E-state index contributed by atoms with van der Waals surface area (Å²) in [4.78, 5) is 0. The number of methoxy groups -OCH3 is 8. The molecule has 314 valence electrons. The molecule has 0 bridgehead atoms. The SMILES string of the molecule is COc1cccc(CCc2cc(OC)cc(Oc3cc(CCc4cc(OC)c(OC)c(OC)c4)cc(Oc4cc(CCc5cccc(OC)c5)cc(OC)c4)c3OC)c2)c1. The molecule has 0 heterocycles. The van der Waals surface area contributed by atoms with E-state index in [2.05, 4.69) is 24.3 Å². The lowest BCUT2D eigenvalue weighted by Crippen LogP contribution is -2.01. The van der Waals surface area contributed by atoms with Crippen LogP contribution in [0.1, 0.15) is 33.4 Å². The van der Waals surface area contributed by atoms with Gasteiger partial charge in [-0.15, -0.1) is 0 Å². The third kappa shape index (κ3) is 11.1. The van der Waals surface area contributed by atoms with Crippen LogP contribution >= 0.6 is 0 Å². The van der Waals surface area contributed by atoms with Crippen LogP contribution in [0.15, 0.2) is 109 Å². The topological polar surface area (TPSA) is 92.3 Å². The summed E-state index contributed by atoms with van der Waals surface area (Å²) < 4.78 is 58.7. The first kappa shape index (κ1) is 42.9. The number of rotatable bonds is 21. The average molecular weight is 815 g/mol. The maximum Gasteiger partial charge on any atom is 0.204 e. The molecule has 0 spiro atoms. The van der Waals surface area contributed by atoms with Gasteiger partial charge in [-0.3, -0.25) is 0 Å². The zero-order chi connectivity index (χ0) is 42.4. The van der Waals surface area contributed by atoms with E-state index in [4.69, 9.17) is 47.4 Å². The summed E-state index contributed by atoms with van der Waals surface area (Å²) in [5, 5.41) is 0. The van der Waals surface area contributed by atoms with E-state index in [-0.39, 0.29) is 0 Å². The van der Waals surface area contributed by atoms with Crippen molar-refractivity contribution in [3.63, 3.8) is 0 Å². The van der Waals surface area contributed by atoms with Gasteiger partial charge in [0.25, 0.3) is 0 Å². The molecular weight excluding hydrogens is 761 g/mol. The number of hydrogen-bond acceptors (Lipinski definition) is 10. The smallest absolute Gasteiger partial charge is 0.204 e. The maximum absolute atomic E-state index is 6.73. The van der Waals surface area contributed by atoms with E-state index >= 15 is 0 Å². The highest BCUT2D eigenvalue weighted by Crippen LogP contribution is 2.45. The molecule has 60 heavy (non-hydrogen) atoms. The van der Waals surface area contributed by atoms with Gasteiger partial charge in [0, 0.05) is 12.1 Å². The van der Waals surface area contributed by atoms with Gasteiger partial charge in [0.05, 0.1) is 56.9 Å². The van der Waals surface area contributed by atoms with Crippen LogP contribution in [0.25, 0.3) is 0 Å². The van der Waals surface area contributed by atoms with E-state index in [1.807, 2.05) is 84.9 Å². The number of ether oxygens (including phenoxy) is 10. The van der Waals surface area contributed by atoms with Crippen LogP contribution in [0.2, 0.25) is 0 Å². The average Bonchev–Trinajstić information content (AvgIpc) is 3.28. The number of benzene rings is 6. The minimum Gasteiger partial charge on any atom is -0.497 e. The van der Waals surface area contributed by atoms with Gasteiger partial charge in [-0.2, -0.15) is 0 Å². The molecule has 0 aliphatic rings. The van der Waals surface area contributed by atoms with Gasteiger partial charge in [0.1, 0.15) is 34.5 Å². The first-order valence-corrected chi connectivity index (χ1v) is 19.8. The highest BCUT2D eigenvalue weighted by atomic mass is 16.5. The minimum absolute atomic E-state index is 0.438. The molecule has 10 heteroatoms. The fourth-order valence-electron chi connectivity index (χ4n) is 7.09. The molecule has 0 aromatic heterocycles. The molecule has 0 aliphatic heterocycles. The van der Waals surface area contributed by atoms with Gasteiger partial charge >= 0.3 is 0 Å². The predicted octanol–water partition coefficient (Wildman–Crippen LogP) is 10.7. The van der Waals surface area contributed by atoms with Crippen molar-refractivity contribution in [3.05, 3.63) is 143 Å². The Hall–Kier alpha value is -6.68. The van der Waals surface area contributed by atoms with Crippen molar-refractivity contribution < 1.29 is 47.4 Å². The quantitative estimate of drug-likeness (QED) is 0.0699. The Balaban J connectivity index is 1.34. The Kier molecular flexibility index (Phi) is 14.9. The summed E-state index contributed by atoms with van der Waals surface area (Å²) in [5.41, 5.74) is 6.41. The van der Waals surface area contributed by atoms with Gasteiger partial charge in [-0.05, 0) is 145 Å². The standard InChI is InChI=1S/C50H54O10/c1-51-39-13-9-11-33(21-39)15-17-35-23-41(53-3)31-43(25-35)59-47-29-38(20-19-37-27-45(55-5)49(57-7)46(28-37)56-6)30-48(50(47)58-8)60-44-26-36(24-42(32-44)54-4)18-16-34-12-10-14-40(22-34)52-2/h9-14,21-32H,15-20H2,1-8H3. The van der Waals surface area contributed by atoms with E-state index in [1.54, 1.807) is 56.9 Å². The van der Waals surface area contributed by atoms with Gasteiger partial charge in [-0.25, -0.2) is 0 Å².